The lowest BCUT2D eigenvalue weighted by Gasteiger charge is -2.33. The van der Waals surface area contributed by atoms with E-state index in [2.05, 4.69) is 10.2 Å². The predicted molar refractivity (Wildman–Crippen MR) is 104 cm³/mol. The van der Waals surface area contributed by atoms with E-state index in [-0.39, 0.29) is 18.4 Å². The number of benzene rings is 1. The van der Waals surface area contributed by atoms with Crippen LogP contribution in [-0.2, 0) is 25.3 Å². The fourth-order valence-corrected chi connectivity index (χ4v) is 3.47. The topological polar surface area (TPSA) is 76.3 Å². The molecule has 1 aliphatic heterocycles. The molecule has 1 aliphatic rings. The first kappa shape index (κ1) is 18.0. The first-order valence-corrected chi connectivity index (χ1v) is 9.16. The third kappa shape index (κ3) is 3.53. The summed E-state index contributed by atoms with van der Waals surface area (Å²) in [5.74, 6) is -0.265. The molecular formula is C20H22N6O2. The van der Waals surface area contributed by atoms with Gasteiger partial charge in [-0.05, 0) is 5.56 Å². The van der Waals surface area contributed by atoms with E-state index in [0.717, 1.165) is 16.9 Å². The average molecular weight is 378 g/mol. The predicted octanol–water partition coefficient (Wildman–Crippen LogP) is 1.23. The largest absolute Gasteiger partial charge is 0.327 e. The second-order valence-corrected chi connectivity index (χ2v) is 6.97. The van der Waals surface area contributed by atoms with Gasteiger partial charge in [0, 0.05) is 46.0 Å². The van der Waals surface area contributed by atoms with Gasteiger partial charge in [0.1, 0.15) is 6.54 Å². The number of piperazine rings is 1. The second kappa shape index (κ2) is 7.30. The molecule has 8 nitrogen and oxygen atoms in total. The normalized spacial score (nSPS) is 14.6. The minimum absolute atomic E-state index is 0.0490. The SMILES string of the molecule is Cn1cc(N2CCN(C(=O)c3cn(C)nc3Cc3ccccc3)CC2=O)cn1. The van der Waals surface area contributed by atoms with Gasteiger partial charge in [0.25, 0.3) is 5.91 Å². The highest BCUT2D eigenvalue weighted by molar-refractivity contribution is 6.02. The fraction of sp³-hybridized carbons (Fsp3) is 0.300. The van der Waals surface area contributed by atoms with Crippen LogP contribution in [0.3, 0.4) is 0 Å². The Morgan fingerprint density at radius 1 is 1.07 bits per heavy atom. The summed E-state index contributed by atoms with van der Waals surface area (Å²) in [6.07, 6.45) is 5.77. The van der Waals surface area contributed by atoms with Gasteiger partial charge in [0.15, 0.2) is 0 Å². The van der Waals surface area contributed by atoms with Crippen molar-refractivity contribution in [3.63, 3.8) is 0 Å². The molecule has 0 spiro atoms. The van der Waals surface area contributed by atoms with Crippen molar-refractivity contribution in [2.24, 2.45) is 14.1 Å². The second-order valence-electron chi connectivity index (χ2n) is 6.97. The molecule has 3 aromatic rings. The first-order chi connectivity index (χ1) is 13.5. The molecule has 0 atom stereocenters. The smallest absolute Gasteiger partial charge is 0.257 e. The molecule has 8 heteroatoms. The first-order valence-electron chi connectivity index (χ1n) is 9.16. The van der Waals surface area contributed by atoms with Gasteiger partial charge in [-0.15, -0.1) is 0 Å². The molecule has 1 fully saturated rings. The molecule has 0 bridgehead atoms. The Hall–Kier alpha value is -3.42. The zero-order chi connectivity index (χ0) is 19.7. The van der Waals surface area contributed by atoms with Crippen molar-refractivity contribution in [1.82, 2.24) is 24.5 Å². The van der Waals surface area contributed by atoms with Crippen LogP contribution in [0.4, 0.5) is 5.69 Å². The highest BCUT2D eigenvalue weighted by atomic mass is 16.2. The van der Waals surface area contributed by atoms with E-state index in [9.17, 15) is 9.59 Å². The van der Waals surface area contributed by atoms with Crippen LogP contribution in [0.2, 0.25) is 0 Å². The van der Waals surface area contributed by atoms with Crippen LogP contribution in [0.15, 0.2) is 48.9 Å². The maximum atomic E-state index is 13.1. The van der Waals surface area contributed by atoms with Crippen LogP contribution in [-0.4, -0.2) is 55.9 Å². The molecule has 2 aromatic heterocycles. The lowest BCUT2D eigenvalue weighted by molar-refractivity contribution is -0.120. The van der Waals surface area contributed by atoms with Gasteiger partial charge in [-0.2, -0.15) is 10.2 Å². The number of aryl methyl sites for hydroxylation is 2. The summed E-state index contributed by atoms with van der Waals surface area (Å²) in [6.45, 7) is 0.969. The number of carbonyl (C=O) groups is 2. The van der Waals surface area contributed by atoms with Gasteiger partial charge in [0.05, 0.1) is 23.1 Å². The monoisotopic (exact) mass is 378 g/mol. The number of carbonyl (C=O) groups excluding carboxylic acids is 2. The van der Waals surface area contributed by atoms with Gasteiger partial charge in [-0.25, -0.2) is 0 Å². The van der Waals surface area contributed by atoms with E-state index < -0.39 is 0 Å². The fourth-order valence-electron chi connectivity index (χ4n) is 3.47. The van der Waals surface area contributed by atoms with Crippen molar-refractivity contribution in [2.45, 2.75) is 6.42 Å². The van der Waals surface area contributed by atoms with E-state index in [4.69, 9.17) is 0 Å². The van der Waals surface area contributed by atoms with Crippen molar-refractivity contribution in [3.8, 4) is 0 Å². The summed E-state index contributed by atoms with van der Waals surface area (Å²) >= 11 is 0. The molecule has 0 radical (unpaired) electrons. The Morgan fingerprint density at radius 2 is 1.86 bits per heavy atom. The Labute approximate surface area is 163 Å². The Kier molecular flexibility index (Phi) is 4.68. The maximum absolute atomic E-state index is 13.1. The summed E-state index contributed by atoms with van der Waals surface area (Å²) in [5, 5.41) is 8.58. The number of nitrogens with zero attached hydrogens (tertiary/aromatic N) is 6. The number of hydrogen-bond donors (Lipinski definition) is 0. The van der Waals surface area contributed by atoms with Gasteiger partial charge < -0.3 is 9.80 Å². The minimum Gasteiger partial charge on any atom is -0.327 e. The third-order valence-corrected chi connectivity index (χ3v) is 4.86. The number of amides is 2. The van der Waals surface area contributed by atoms with E-state index >= 15 is 0 Å². The highest BCUT2D eigenvalue weighted by Crippen LogP contribution is 2.19. The Bertz CT molecular complexity index is 1010. The Morgan fingerprint density at radius 3 is 2.54 bits per heavy atom. The summed E-state index contributed by atoms with van der Waals surface area (Å²) in [4.78, 5) is 29.0. The number of rotatable bonds is 4. The van der Waals surface area contributed by atoms with Gasteiger partial charge >= 0.3 is 0 Å². The molecule has 1 saturated heterocycles. The summed E-state index contributed by atoms with van der Waals surface area (Å²) < 4.78 is 3.31. The van der Waals surface area contributed by atoms with Gasteiger partial charge in [0.2, 0.25) is 5.91 Å². The van der Waals surface area contributed by atoms with Gasteiger partial charge in [-0.3, -0.25) is 19.0 Å². The average Bonchev–Trinajstić information content (AvgIpc) is 3.27. The molecule has 3 heterocycles. The highest BCUT2D eigenvalue weighted by Gasteiger charge is 2.31. The molecule has 0 N–H and O–H groups in total. The van der Waals surface area contributed by atoms with Crippen LogP contribution in [0.1, 0.15) is 21.6 Å². The maximum Gasteiger partial charge on any atom is 0.257 e. The lowest BCUT2D eigenvalue weighted by Crippen LogP contribution is -2.52. The summed E-state index contributed by atoms with van der Waals surface area (Å²) in [7, 11) is 3.61. The van der Waals surface area contributed by atoms with E-state index in [1.54, 1.807) is 44.8 Å². The van der Waals surface area contributed by atoms with Crippen molar-refractivity contribution in [3.05, 3.63) is 65.7 Å². The molecule has 0 saturated carbocycles. The van der Waals surface area contributed by atoms with E-state index in [1.165, 1.54) is 0 Å². The van der Waals surface area contributed by atoms with E-state index in [0.29, 0.717) is 25.1 Å². The van der Waals surface area contributed by atoms with Crippen molar-refractivity contribution >= 4 is 17.5 Å². The van der Waals surface area contributed by atoms with Crippen LogP contribution in [0, 0.1) is 0 Å². The molecule has 4 rings (SSSR count). The molecule has 1 aromatic carbocycles. The number of hydrogen-bond acceptors (Lipinski definition) is 4. The quantitative estimate of drug-likeness (QED) is 0.684. The van der Waals surface area contributed by atoms with Crippen molar-refractivity contribution in [1.29, 1.82) is 0 Å². The molecule has 2 amide bonds. The van der Waals surface area contributed by atoms with Gasteiger partial charge in [-0.1, -0.05) is 30.3 Å². The third-order valence-electron chi connectivity index (χ3n) is 4.86. The molecular weight excluding hydrogens is 356 g/mol. The number of anilines is 1. The van der Waals surface area contributed by atoms with E-state index in [1.807, 2.05) is 37.4 Å². The molecule has 0 aliphatic carbocycles. The number of aromatic nitrogens is 4. The minimum atomic E-state index is -0.154. The molecule has 28 heavy (non-hydrogen) atoms. The van der Waals surface area contributed by atoms with Crippen molar-refractivity contribution < 1.29 is 9.59 Å². The van der Waals surface area contributed by atoms with Crippen LogP contribution >= 0.6 is 0 Å². The standard InChI is InChI=1S/C20H22N6O2/c1-23-12-16(11-21-23)26-9-8-25(14-19(26)27)20(28)17-13-24(2)22-18(17)10-15-6-4-3-5-7-15/h3-7,11-13H,8-10,14H2,1-2H3. The van der Waals surface area contributed by atoms with Crippen LogP contribution in [0.25, 0.3) is 0 Å². The van der Waals surface area contributed by atoms with Crippen LogP contribution < -0.4 is 4.90 Å². The summed E-state index contributed by atoms with van der Waals surface area (Å²) in [5.41, 5.74) is 3.12. The Balaban J connectivity index is 1.50. The lowest BCUT2D eigenvalue weighted by atomic mass is 10.1. The molecule has 0 unspecified atom stereocenters. The zero-order valence-electron chi connectivity index (χ0n) is 15.9. The summed E-state index contributed by atoms with van der Waals surface area (Å²) in [6, 6.07) is 9.92. The zero-order valence-corrected chi connectivity index (χ0v) is 15.9. The molecule has 144 valence electrons. The van der Waals surface area contributed by atoms with Crippen LogP contribution in [0.5, 0.6) is 0 Å². The van der Waals surface area contributed by atoms with Crippen molar-refractivity contribution in [2.75, 3.05) is 24.5 Å².